The SMILES string of the molecule is COc1ccc(F)c(CN2CCc3nnc([C@@H](C)NC(=O)COc4ccccc4)n3CC2)c1. The van der Waals surface area contributed by atoms with Gasteiger partial charge in [-0.05, 0) is 37.3 Å². The molecule has 1 N–H and O–H groups in total. The van der Waals surface area contributed by atoms with Gasteiger partial charge >= 0.3 is 0 Å². The summed E-state index contributed by atoms with van der Waals surface area (Å²) in [6.45, 7) is 4.40. The van der Waals surface area contributed by atoms with E-state index in [1.54, 1.807) is 31.4 Å². The standard InChI is InChI=1S/C24H28FN5O3/c1-17(26-23(31)16-33-19-6-4-3-5-7-19)24-28-27-22-10-11-29(12-13-30(22)24)15-18-14-20(32-2)8-9-21(18)25/h3-9,14,17H,10-13,15-16H2,1-2H3,(H,26,31)/t17-/m1/s1. The molecule has 33 heavy (non-hydrogen) atoms. The van der Waals surface area contributed by atoms with E-state index in [9.17, 15) is 9.18 Å². The van der Waals surface area contributed by atoms with Crippen LogP contribution >= 0.6 is 0 Å². The summed E-state index contributed by atoms with van der Waals surface area (Å²) in [7, 11) is 1.57. The number of amides is 1. The third kappa shape index (κ3) is 5.67. The zero-order valence-corrected chi connectivity index (χ0v) is 18.8. The van der Waals surface area contributed by atoms with Crippen molar-refractivity contribution in [2.24, 2.45) is 0 Å². The average molecular weight is 454 g/mol. The van der Waals surface area contributed by atoms with Crippen molar-refractivity contribution in [1.29, 1.82) is 0 Å². The summed E-state index contributed by atoms with van der Waals surface area (Å²) < 4.78 is 27.1. The number of carbonyl (C=O) groups excluding carboxylic acids is 1. The molecule has 0 bridgehead atoms. The van der Waals surface area contributed by atoms with E-state index in [0.717, 1.165) is 12.4 Å². The highest BCUT2D eigenvalue weighted by molar-refractivity contribution is 5.77. The minimum Gasteiger partial charge on any atom is -0.497 e. The Bertz CT molecular complexity index is 1090. The molecule has 9 heteroatoms. The van der Waals surface area contributed by atoms with Crippen molar-refractivity contribution < 1.29 is 18.7 Å². The number of hydrogen-bond donors (Lipinski definition) is 1. The van der Waals surface area contributed by atoms with Crippen LogP contribution in [0, 0.1) is 5.82 Å². The molecule has 2 heterocycles. The number of ether oxygens (including phenoxy) is 2. The minimum atomic E-state index is -0.319. The van der Waals surface area contributed by atoms with E-state index in [-0.39, 0.29) is 24.4 Å². The predicted molar refractivity (Wildman–Crippen MR) is 120 cm³/mol. The Hall–Kier alpha value is -3.46. The number of para-hydroxylation sites is 1. The van der Waals surface area contributed by atoms with E-state index in [1.807, 2.05) is 29.7 Å². The van der Waals surface area contributed by atoms with Crippen molar-refractivity contribution >= 4 is 5.91 Å². The Morgan fingerprint density at radius 1 is 1.12 bits per heavy atom. The van der Waals surface area contributed by atoms with Crippen LogP contribution in [0.3, 0.4) is 0 Å². The molecule has 0 fully saturated rings. The molecule has 174 valence electrons. The van der Waals surface area contributed by atoms with Crippen LogP contribution in [-0.4, -0.2) is 52.4 Å². The molecule has 0 spiro atoms. The highest BCUT2D eigenvalue weighted by Crippen LogP contribution is 2.20. The first-order chi connectivity index (χ1) is 16.0. The molecule has 0 unspecified atom stereocenters. The molecule has 8 nitrogen and oxygen atoms in total. The molecule has 1 atom stereocenters. The van der Waals surface area contributed by atoms with Crippen LogP contribution in [0.15, 0.2) is 48.5 Å². The predicted octanol–water partition coefficient (Wildman–Crippen LogP) is 2.74. The van der Waals surface area contributed by atoms with Gasteiger partial charge in [0.2, 0.25) is 0 Å². The van der Waals surface area contributed by atoms with Crippen molar-refractivity contribution in [3.63, 3.8) is 0 Å². The molecule has 1 aromatic heterocycles. The summed E-state index contributed by atoms with van der Waals surface area (Å²) in [5.41, 5.74) is 0.603. The highest BCUT2D eigenvalue weighted by atomic mass is 19.1. The zero-order valence-electron chi connectivity index (χ0n) is 18.8. The Balaban J connectivity index is 1.35. The third-order valence-corrected chi connectivity index (χ3v) is 5.67. The fraction of sp³-hybridized carbons (Fsp3) is 0.375. The third-order valence-electron chi connectivity index (χ3n) is 5.67. The van der Waals surface area contributed by atoms with Gasteiger partial charge in [0.25, 0.3) is 5.91 Å². The van der Waals surface area contributed by atoms with Crippen LogP contribution in [0.1, 0.15) is 30.2 Å². The van der Waals surface area contributed by atoms with E-state index in [2.05, 4.69) is 20.4 Å². The van der Waals surface area contributed by atoms with E-state index < -0.39 is 0 Å². The van der Waals surface area contributed by atoms with Crippen LogP contribution in [-0.2, 0) is 24.3 Å². The summed E-state index contributed by atoms with van der Waals surface area (Å²) in [6.07, 6.45) is 0.691. The summed E-state index contributed by atoms with van der Waals surface area (Å²) in [6, 6.07) is 13.7. The van der Waals surface area contributed by atoms with E-state index in [1.165, 1.54) is 6.07 Å². The van der Waals surface area contributed by atoms with Gasteiger partial charge in [-0.15, -0.1) is 10.2 Å². The van der Waals surface area contributed by atoms with Crippen LogP contribution in [0.5, 0.6) is 11.5 Å². The summed E-state index contributed by atoms with van der Waals surface area (Å²) in [5.74, 6) is 2.38. The van der Waals surface area contributed by atoms with Gasteiger partial charge in [0.05, 0.1) is 13.2 Å². The maximum absolute atomic E-state index is 14.3. The lowest BCUT2D eigenvalue weighted by molar-refractivity contribution is -0.123. The van der Waals surface area contributed by atoms with Crippen molar-refractivity contribution in [3.8, 4) is 11.5 Å². The molecule has 2 aromatic carbocycles. The van der Waals surface area contributed by atoms with Gasteiger partial charge in [-0.2, -0.15) is 0 Å². The van der Waals surface area contributed by atoms with Gasteiger partial charge in [0, 0.05) is 38.2 Å². The highest BCUT2D eigenvalue weighted by Gasteiger charge is 2.23. The molecule has 0 saturated heterocycles. The quantitative estimate of drug-likeness (QED) is 0.565. The monoisotopic (exact) mass is 453 g/mol. The largest absolute Gasteiger partial charge is 0.497 e. The number of hydrogen-bond acceptors (Lipinski definition) is 6. The fourth-order valence-electron chi connectivity index (χ4n) is 3.92. The van der Waals surface area contributed by atoms with Gasteiger partial charge in [-0.25, -0.2) is 4.39 Å². The first-order valence-corrected chi connectivity index (χ1v) is 11.0. The Kier molecular flexibility index (Phi) is 7.19. The lowest BCUT2D eigenvalue weighted by Gasteiger charge is -2.21. The second kappa shape index (κ2) is 10.4. The van der Waals surface area contributed by atoms with Crippen LogP contribution in [0.25, 0.3) is 0 Å². The molecular formula is C24H28FN5O3. The molecule has 1 aliphatic heterocycles. The van der Waals surface area contributed by atoms with Gasteiger partial charge < -0.3 is 19.4 Å². The van der Waals surface area contributed by atoms with Gasteiger partial charge in [0.1, 0.15) is 23.1 Å². The van der Waals surface area contributed by atoms with Crippen molar-refractivity contribution in [2.45, 2.75) is 32.5 Å². The van der Waals surface area contributed by atoms with Crippen LogP contribution < -0.4 is 14.8 Å². The number of halogens is 1. The average Bonchev–Trinajstić information content (AvgIpc) is 3.14. The number of methoxy groups -OCH3 is 1. The lowest BCUT2D eigenvalue weighted by atomic mass is 10.2. The number of fused-ring (bicyclic) bond motifs is 1. The molecular weight excluding hydrogens is 425 g/mol. The van der Waals surface area contributed by atoms with E-state index >= 15 is 0 Å². The summed E-state index contributed by atoms with van der Waals surface area (Å²) in [5, 5.41) is 11.6. The Morgan fingerprint density at radius 3 is 2.73 bits per heavy atom. The van der Waals surface area contributed by atoms with Crippen LogP contribution in [0.2, 0.25) is 0 Å². The van der Waals surface area contributed by atoms with Crippen molar-refractivity contribution in [2.75, 3.05) is 26.8 Å². The van der Waals surface area contributed by atoms with Crippen molar-refractivity contribution in [1.82, 2.24) is 25.0 Å². The number of carbonyl (C=O) groups is 1. The van der Waals surface area contributed by atoms with Crippen molar-refractivity contribution in [3.05, 3.63) is 71.6 Å². The zero-order chi connectivity index (χ0) is 23.2. The maximum atomic E-state index is 14.3. The lowest BCUT2D eigenvalue weighted by Crippen LogP contribution is -2.33. The summed E-state index contributed by atoms with van der Waals surface area (Å²) >= 11 is 0. The summed E-state index contributed by atoms with van der Waals surface area (Å²) in [4.78, 5) is 14.5. The van der Waals surface area contributed by atoms with Gasteiger partial charge in [-0.3, -0.25) is 9.69 Å². The van der Waals surface area contributed by atoms with Crippen LogP contribution in [0.4, 0.5) is 4.39 Å². The molecule has 0 saturated carbocycles. The fourth-order valence-corrected chi connectivity index (χ4v) is 3.92. The normalized spacial score (nSPS) is 14.8. The first-order valence-electron chi connectivity index (χ1n) is 11.0. The van der Waals surface area contributed by atoms with E-state index in [4.69, 9.17) is 9.47 Å². The number of rotatable bonds is 8. The smallest absolute Gasteiger partial charge is 0.258 e. The maximum Gasteiger partial charge on any atom is 0.258 e. The molecule has 0 radical (unpaired) electrons. The number of nitrogens with zero attached hydrogens (tertiary/aromatic N) is 4. The topological polar surface area (TPSA) is 81.5 Å². The molecule has 4 rings (SSSR count). The second-order valence-corrected chi connectivity index (χ2v) is 8.00. The molecule has 0 aliphatic carbocycles. The minimum absolute atomic E-state index is 0.0742. The van der Waals surface area contributed by atoms with E-state index in [0.29, 0.717) is 48.9 Å². The van der Waals surface area contributed by atoms with Gasteiger partial charge in [-0.1, -0.05) is 18.2 Å². The first kappa shape index (κ1) is 22.7. The van der Waals surface area contributed by atoms with Gasteiger partial charge in [0.15, 0.2) is 12.4 Å². The number of aromatic nitrogens is 3. The second-order valence-electron chi connectivity index (χ2n) is 8.00. The molecule has 1 amide bonds. The Labute approximate surface area is 192 Å². The Morgan fingerprint density at radius 2 is 1.94 bits per heavy atom. The number of benzene rings is 2. The number of nitrogens with one attached hydrogen (secondary N) is 1. The molecule has 3 aromatic rings. The molecule has 1 aliphatic rings.